The molecule has 0 fully saturated rings. The van der Waals surface area contributed by atoms with Gasteiger partial charge in [-0.1, -0.05) is 18.2 Å². The number of rotatable bonds is 6. The minimum Gasteiger partial charge on any atom is -0.494 e. The smallest absolute Gasteiger partial charge is 0.160 e. The number of hydrogen-bond donors (Lipinski definition) is 0. The summed E-state index contributed by atoms with van der Waals surface area (Å²) in [7, 11) is 2.95. The number of aromatic nitrogens is 1. The molecule has 4 nitrogen and oxygen atoms in total. The number of fused-ring (bicyclic) bond motifs is 3. The third-order valence-electron chi connectivity index (χ3n) is 4.40. The first-order valence-electron chi connectivity index (χ1n) is 8.44. The summed E-state index contributed by atoms with van der Waals surface area (Å²) >= 11 is 6.18. The zero-order chi connectivity index (χ0) is 19.4. The van der Waals surface area contributed by atoms with E-state index in [2.05, 4.69) is 6.58 Å². The summed E-state index contributed by atoms with van der Waals surface area (Å²) in [5.41, 5.74) is 2.79. The van der Waals surface area contributed by atoms with Gasteiger partial charge in [0.05, 0.1) is 32.6 Å². The van der Waals surface area contributed by atoms with Gasteiger partial charge in [0.15, 0.2) is 11.5 Å². The Bertz CT molecular complexity index is 901. The first-order valence-corrected chi connectivity index (χ1v) is 8.82. The first-order chi connectivity index (χ1) is 13.0. The average Bonchev–Trinajstić information content (AvgIpc) is 3.08. The highest BCUT2D eigenvalue weighted by Gasteiger charge is 2.24. The normalized spacial score (nSPS) is 17.0. The van der Waals surface area contributed by atoms with E-state index in [1.54, 1.807) is 0 Å². The van der Waals surface area contributed by atoms with Gasteiger partial charge in [-0.15, -0.1) is 0 Å². The maximum absolute atomic E-state index is 14.6. The number of methoxy groups -OCH3 is 2. The van der Waals surface area contributed by atoms with Crippen molar-refractivity contribution in [1.82, 2.24) is 4.57 Å². The van der Waals surface area contributed by atoms with Gasteiger partial charge in [-0.05, 0) is 42.5 Å². The fourth-order valence-electron chi connectivity index (χ4n) is 3.00. The minimum atomic E-state index is -0.458. The number of nitrogens with zero attached hydrogens (tertiary/aromatic N) is 1. The first kappa shape index (κ1) is 19.3. The van der Waals surface area contributed by atoms with Gasteiger partial charge in [0.25, 0.3) is 0 Å². The lowest BCUT2D eigenvalue weighted by Gasteiger charge is -2.17. The van der Waals surface area contributed by atoms with Gasteiger partial charge in [-0.25, -0.2) is 4.39 Å². The summed E-state index contributed by atoms with van der Waals surface area (Å²) < 4.78 is 32.8. The Morgan fingerprint density at radius 3 is 2.89 bits per heavy atom. The quantitative estimate of drug-likeness (QED) is 0.473. The molecule has 1 aliphatic heterocycles. The molecule has 0 saturated heterocycles. The van der Waals surface area contributed by atoms with E-state index in [9.17, 15) is 4.39 Å². The Hall–Kier alpha value is -2.50. The van der Waals surface area contributed by atoms with Gasteiger partial charge in [0, 0.05) is 28.9 Å². The van der Waals surface area contributed by atoms with Crippen molar-refractivity contribution in [2.45, 2.75) is 19.1 Å². The topological polar surface area (TPSA) is 32.6 Å². The van der Waals surface area contributed by atoms with Crippen LogP contribution in [0.3, 0.4) is 0 Å². The van der Waals surface area contributed by atoms with Crippen molar-refractivity contribution in [3.63, 3.8) is 0 Å². The minimum absolute atomic E-state index is 0.0745. The van der Waals surface area contributed by atoms with Crippen LogP contribution in [0.25, 0.3) is 5.69 Å². The van der Waals surface area contributed by atoms with Gasteiger partial charge in [-0.2, -0.15) is 0 Å². The molecule has 0 amide bonds. The van der Waals surface area contributed by atoms with Crippen LogP contribution in [0.2, 0.25) is 5.02 Å². The molecule has 3 rings (SSSR count). The zero-order valence-electron chi connectivity index (χ0n) is 15.2. The molecule has 0 N–H and O–H groups in total. The van der Waals surface area contributed by atoms with Crippen LogP contribution in [0.5, 0.6) is 0 Å². The van der Waals surface area contributed by atoms with Gasteiger partial charge in [0.1, 0.15) is 5.83 Å². The Morgan fingerprint density at radius 2 is 2.15 bits per heavy atom. The van der Waals surface area contributed by atoms with E-state index in [4.69, 9.17) is 25.8 Å². The van der Waals surface area contributed by atoms with Crippen molar-refractivity contribution >= 4 is 11.6 Å². The Labute approximate surface area is 163 Å². The number of hydrogen-bond acceptors (Lipinski definition) is 3. The van der Waals surface area contributed by atoms with Crippen LogP contribution in [-0.4, -0.2) is 18.8 Å². The second kappa shape index (κ2) is 8.46. The van der Waals surface area contributed by atoms with E-state index >= 15 is 0 Å². The molecule has 0 aliphatic carbocycles. The molecule has 0 unspecified atom stereocenters. The summed E-state index contributed by atoms with van der Waals surface area (Å²) in [5.74, 6) is 0.327. The van der Waals surface area contributed by atoms with Crippen LogP contribution in [0.4, 0.5) is 4.39 Å². The van der Waals surface area contributed by atoms with Gasteiger partial charge >= 0.3 is 0 Å². The Balaban J connectivity index is 1.88. The second-order valence-corrected chi connectivity index (χ2v) is 6.49. The predicted octanol–water partition coefficient (Wildman–Crippen LogP) is 5.64. The van der Waals surface area contributed by atoms with Crippen LogP contribution >= 0.6 is 11.6 Å². The fourth-order valence-corrected chi connectivity index (χ4v) is 3.18. The number of benzene rings is 1. The molecule has 0 spiro atoms. The number of allylic oxidation sites excluding steroid dienone is 2. The fraction of sp³-hybridized carbons (Fsp3) is 0.238. The molecule has 6 heteroatoms. The van der Waals surface area contributed by atoms with Crippen molar-refractivity contribution in [2.75, 3.05) is 14.2 Å². The van der Waals surface area contributed by atoms with E-state index in [1.807, 2.05) is 41.1 Å². The predicted molar refractivity (Wildman–Crippen MR) is 103 cm³/mol. The molecule has 2 aromatic rings. The van der Waals surface area contributed by atoms with E-state index in [0.717, 1.165) is 16.9 Å². The maximum Gasteiger partial charge on any atom is 0.160 e. The molecule has 1 aliphatic rings. The van der Waals surface area contributed by atoms with Crippen molar-refractivity contribution in [2.24, 2.45) is 0 Å². The Morgan fingerprint density at radius 1 is 1.33 bits per heavy atom. The van der Waals surface area contributed by atoms with Crippen LogP contribution in [0.15, 0.2) is 72.6 Å². The van der Waals surface area contributed by atoms with E-state index in [1.165, 1.54) is 26.4 Å². The third kappa shape index (κ3) is 4.26. The lowest BCUT2D eigenvalue weighted by Crippen LogP contribution is -2.04. The number of ether oxygens (including phenoxy) is 3. The van der Waals surface area contributed by atoms with Crippen LogP contribution < -0.4 is 0 Å². The van der Waals surface area contributed by atoms with Crippen molar-refractivity contribution < 1.29 is 18.6 Å². The highest BCUT2D eigenvalue weighted by atomic mass is 35.5. The second-order valence-electron chi connectivity index (χ2n) is 6.05. The molecule has 1 atom stereocenters. The molecule has 142 valence electrons. The molecule has 0 radical (unpaired) electrons. The SMILES string of the molecule is C=C(OC)/C(=C\C=C(\F)C[C@H]1OCc2cccn2-c2ccc(Cl)cc21)OC. The molecular weight excluding hydrogens is 369 g/mol. The van der Waals surface area contributed by atoms with Gasteiger partial charge in [0.2, 0.25) is 0 Å². The summed E-state index contributed by atoms with van der Waals surface area (Å²) in [6, 6.07) is 9.51. The summed E-state index contributed by atoms with van der Waals surface area (Å²) in [5, 5.41) is 0.584. The van der Waals surface area contributed by atoms with E-state index in [-0.39, 0.29) is 12.2 Å². The van der Waals surface area contributed by atoms with Crippen LogP contribution in [0.1, 0.15) is 23.8 Å². The average molecular weight is 390 g/mol. The lowest BCUT2D eigenvalue weighted by atomic mass is 10.0. The van der Waals surface area contributed by atoms with Crippen LogP contribution in [-0.2, 0) is 20.8 Å². The largest absolute Gasteiger partial charge is 0.494 e. The van der Waals surface area contributed by atoms with Gasteiger partial charge < -0.3 is 18.8 Å². The molecular formula is C21H21ClFNO3. The zero-order valence-corrected chi connectivity index (χ0v) is 16.0. The molecule has 0 bridgehead atoms. The monoisotopic (exact) mass is 389 g/mol. The lowest BCUT2D eigenvalue weighted by molar-refractivity contribution is 0.0379. The standard InChI is InChI=1S/C21H21ClFNO3/c1-14(25-2)20(26-3)9-7-16(23)12-21-18-11-15(22)6-8-19(18)24-10-4-5-17(24)13-27-21/h4-11,21H,1,12-13H2,2-3H3/b16-7+,20-9+/t21-/m1/s1. The maximum atomic E-state index is 14.6. The Kier molecular flexibility index (Phi) is 6.04. The molecule has 2 heterocycles. The molecule has 27 heavy (non-hydrogen) atoms. The molecule has 1 aromatic carbocycles. The van der Waals surface area contributed by atoms with Gasteiger partial charge in [-0.3, -0.25) is 0 Å². The van der Waals surface area contributed by atoms with Crippen molar-refractivity contribution in [3.05, 3.63) is 88.9 Å². The summed E-state index contributed by atoms with van der Waals surface area (Å²) in [6.45, 7) is 4.08. The van der Waals surface area contributed by atoms with E-state index < -0.39 is 6.10 Å². The molecule has 0 saturated carbocycles. The van der Waals surface area contributed by atoms with Crippen LogP contribution in [0, 0.1) is 0 Å². The number of halogens is 2. The highest BCUT2D eigenvalue weighted by molar-refractivity contribution is 6.30. The van der Waals surface area contributed by atoms with E-state index in [0.29, 0.717) is 23.1 Å². The third-order valence-corrected chi connectivity index (χ3v) is 4.63. The summed E-state index contributed by atoms with van der Waals surface area (Å²) in [6.07, 6.45) is 4.40. The molecule has 1 aromatic heterocycles. The highest BCUT2D eigenvalue weighted by Crippen LogP contribution is 2.36. The van der Waals surface area contributed by atoms with Crippen molar-refractivity contribution in [1.29, 1.82) is 0 Å². The summed E-state index contributed by atoms with van der Waals surface area (Å²) in [4.78, 5) is 0. The van der Waals surface area contributed by atoms with Crippen molar-refractivity contribution in [3.8, 4) is 5.69 Å².